The number of anilines is 1. The number of halogens is 1. The van der Waals surface area contributed by atoms with Crippen molar-refractivity contribution in [2.45, 2.75) is 25.9 Å². The lowest BCUT2D eigenvalue weighted by molar-refractivity contribution is -0.120. The first-order valence-electron chi connectivity index (χ1n) is 12.7. The third-order valence-electron chi connectivity index (χ3n) is 6.98. The first-order valence-corrected chi connectivity index (χ1v) is 13.1. The van der Waals surface area contributed by atoms with Crippen molar-refractivity contribution in [3.63, 3.8) is 0 Å². The number of hydrogen-bond donors (Lipinski definition) is 0. The van der Waals surface area contributed by atoms with Crippen LogP contribution in [0.2, 0.25) is 5.02 Å². The molecule has 2 amide bonds. The van der Waals surface area contributed by atoms with E-state index in [4.69, 9.17) is 21.1 Å². The minimum absolute atomic E-state index is 0.124. The van der Waals surface area contributed by atoms with Crippen molar-refractivity contribution in [3.05, 3.63) is 107 Å². The highest BCUT2D eigenvalue weighted by atomic mass is 35.5. The van der Waals surface area contributed by atoms with E-state index in [0.29, 0.717) is 22.1 Å². The number of aromatic nitrogens is 1. The van der Waals surface area contributed by atoms with Gasteiger partial charge in [-0.25, -0.2) is 0 Å². The highest BCUT2D eigenvalue weighted by Gasteiger charge is 2.39. The van der Waals surface area contributed by atoms with Crippen molar-refractivity contribution in [2.24, 2.45) is 0 Å². The van der Waals surface area contributed by atoms with E-state index in [1.165, 1.54) is 0 Å². The smallest absolute Gasteiger partial charge is 0.254 e. The maximum atomic E-state index is 14.4. The molecule has 3 aromatic carbocycles. The Morgan fingerprint density at radius 1 is 0.923 bits per heavy atom. The van der Waals surface area contributed by atoms with E-state index in [2.05, 4.69) is 4.57 Å². The molecule has 0 fully saturated rings. The molecule has 200 valence electrons. The van der Waals surface area contributed by atoms with Crippen LogP contribution >= 0.6 is 11.6 Å². The zero-order chi connectivity index (χ0) is 27.7. The van der Waals surface area contributed by atoms with Gasteiger partial charge in [0.05, 0.1) is 31.3 Å². The van der Waals surface area contributed by atoms with Crippen LogP contribution in [-0.4, -0.2) is 48.1 Å². The molecule has 1 aliphatic heterocycles. The van der Waals surface area contributed by atoms with Crippen LogP contribution in [-0.2, 0) is 4.79 Å². The molecule has 1 atom stereocenters. The summed E-state index contributed by atoms with van der Waals surface area (Å²) < 4.78 is 13.4. The number of methoxy groups -OCH3 is 2. The second kappa shape index (κ2) is 10.9. The maximum Gasteiger partial charge on any atom is 0.254 e. The number of rotatable bonds is 7. The Balaban J connectivity index is 1.63. The van der Waals surface area contributed by atoms with Crippen LogP contribution in [0.5, 0.6) is 11.5 Å². The molecular weight excluding hydrogens is 514 g/mol. The molecule has 0 radical (unpaired) electrons. The number of ether oxygens (including phenoxy) is 2. The van der Waals surface area contributed by atoms with Crippen molar-refractivity contribution >= 4 is 29.1 Å². The first-order chi connectivity index (χ1) is 18.8. The van der Waals surface area contributed by atoms with Crippen LogP contribution in [0.1, 0.15) is 41.5 Å². The highest BCUT2D eigenvalue weighted by Crippen LogP contribution is 2.45. The van der Waals surface area contributed by atoms with Crippen LogP contribution < -0.4 is 14.4 Å². The van der Waals surface area contributed by atoms with E-state index in [1.54, 1.807) is 48.3 Å². The average molecular weight is 544 g/mol. The van der Waals surface area contributed by atoms with Crippen molar-refractivity contribution in [2.75, 3.05) is 25.7 Å². The third-order valence-corrected chi connectivity index (χ3v) is 7.22. The van der Waals surface area contributed by atoms with E-state index in [0.717, 1.165) is 22.6 Å². The topological polar surface area (TPSA) is 64.0 Å². The largest absolute Gasteiger partial charge is 0.497 e. The number of hydrogen-bond acceptors (Lipinski definition) is 4. The summed E-state index contributed by atoms with van der Waals surface area (Å²) in [5.74, 6) is 0.787. The van der Waals surface area contributed by atoms with Crippen LogP contribution in [0.3, 0.4) is 0 Å². The number of amides is 2. The molecule has 0 saturated carbocycles. The zero-order valence-corrected chi connectivity index (χ0v) is 23.1. The molecule has 4 aromatic rings. The fourth-order valence-corrected chi connectivity index (χ4v) is 5.30. The van der Waals surface area contributed by atoms with Gasteiger partial charge in [-0.2, -0.15) is 0 Å². The molecule has 8 heteroatoms. The fourth-order valence-electron chi connectivity index (χ4n) is 5.11. The van der Waals surface area contributed by atoms with Gasteiger partial charge in [0.1, 0.15) is 24.1 Å². The number of carbonyl (C=O) groups excluding carboxylic acids is 2. The summed E-state index contributed by atoms with van der Waals surface area (Å²) in [6.07, 6.45) is 1.98. The monoisotopic (exact) mass is 543 g/mol. The maximum absolute atomic E-state index is 14.4. The average Bonchev–Trinajstić information content (AvgIpc) is 3.44. The molecule has 1 aliphatic rings. The summed E-state index contributed by atoms with van der Waals surface area (Å²) in [5, 5.41) is 0.465. The van der Waals surface area contributed by atoms with Crippen LogP contribution in [0.25, 0.3) is 5.69 Å². The van der Waals surface area contributed by atoms with Crippen molar-refractivity contribution < 1.29 is 19.1 Å². The van der Waals surface area contributed by atoms with Gasteiger partial charge in [-0.3, -0.25) is 14.5 Å². The summed E-state index contributed by atoms with van der Waals surface area (Å²) >= 11 is 6.16. The molecule has 0 aliphatic carbocycles. The van der Waals surface area contributed by atoms with Crippen molar-refractivity contribution in [3.8, 4) is 17.2 Å². The molecule has 7 nitrogen and oxygen atoms in total. The van der Waals surface area contributed by atoms with Crippen molar-refractivity contribution in [1.82, 2.24) is 9.47 Å². The molecule has 39 heavy (non-hydrogen) atoms. The lowest BCUT2D eigenvalue weighted by Gasteiger charge is -2.40. The minimum Gasteiger partial charge on any atom is -0.497 e. The number of para-hydroxylation sites is 2. The lowest BCUT2D eigenvalue weighted by Crippen LogP contribution is -2.48. The van der Waals surface area contributed by atoms with Gasteiger partial charge in [-0.15, -0.1) is 0 Å². The Morgan fingerprint density at radius 2 is 1.69 bits per heavy atom. The van der Waals surface area contributed by atoms with Gasteiger partial charge in [0.2, 0.25) is 5.91 Å². The normalized spacial score (nSPS) is 14.0. The van der Waals surface area contributed by atoms with Gasteiger partial charge in [-0.1, -0.05) is 29.8 Å². The van der Waals surface area contributed by atoms with E-state index in [9.17, 15) is 9.59 Å². The quantitative estimate of drug-likeness (QED) is 0.281. The van der Waals surface area contributed by atoms with E-state index < -0.39 is 6.04 Å². The Labute approximate surface area is 233 Å². The highest BCUT2D eigenvalue weighted by molar-refractivity contribution is 6.31. The predicted molar refractivity (Wildman–Crippen MR) is 152 cm³/mol. The Hall–Kier alpha value is -4.23. The van der Waals surface area contributed by atoms with E-state index in [1.807, 2.05) is 74.6 Å². The lowest BCUT2D eigenvalue weighted by atomic mass is 9.96. The van der Waals surface area contributed by atoms with Gasteiger partial charge in [-0.05, 0) is 74.5 Å². The summed E-state index contributed by atoms with van der Waals surface area (Å²) in [4.78, 5) is 31.3. The molecule has 0 spiro atoms. The molecule has 5 rings (SSSR count). The third kappa shape index (κ3) is 4.86. The van der Waals surface area contributed by atoms with Crippen molar-refractivity contribution in [1.29, 1.82) is 0 Å². The van der Waals surface area contributed by atoms with Crippen LogP contribution in [0.15, 0.2) is 85.1 Å². The number of nitrogens with zero attached hydrogens (tertiary/aromatic N) is 3. The number of carbonyl (C=O) groups is 2. The van der Waals surface area contributed by atoms with Crippen LogP contribution in [0.4, 0.5) is 5.69 Å². The molecule has 0 N–H and O–H groups in total. The van der Waals surface area contributed by atoms with Crippen LogP contribution in [0, 0.1) is 0 Å². The summed E-state index contributed by atoms with van der Waals surface area (Å²) in [7, 11) is 3.22. The summed E-state index contributed by atoms with van der Waals surface area (Å²) in [6.45, 7) is 3.67. The Morgan fingerprint density at radius 3 is 2.38 bits per heavy atom. The second-order valence-electron chi connectivity index (χ2n) is 9.60. The first kappa shape index (κ1) is 26.4. The summed E-state index contributed by atoms with van der Waals surface area (Å²) in [6, 6.07) is 23.3. The molecule has 1 aromatic heterocycles. The molecule has 0 saturated heterocycles. The van der Waals surface area contributed by atoms with Gasteiger partial charge >= 0.3 is 0 Å². The molecule has 2 heterocycles. The van der Waals surface area contributed by atoms with E-state index in [-0.39, 0.29) is 24.4 Å². The van der Waals surface area contributed by atoms with Gasteiger partial charge in [0, 0.05) is 28.4 Å². The minimum atomic E-state index is -0.525. The molecule has 0 bridgehead atoms. The Kier molecular flexibility index (Phi) is 7.35. The predicted octanol–water partition coefficient (Wildman–Crippen LogP) is 6.13. The molecular formula is C31H30ClN3O4. The van der Waals surface area contributed by atoms with E-state index >= 15 is 0 Å². The molecule has 1 unspecified atom stereocenters. The fraction of sp³-hybridized carbons (Fsp3) is 0.226. The number of fused-ring (bicyclic) bond motifs is 3. The second-order valence-corrected chi connectivity index (χ2v) is 10.0. The van der Waals surface area contributed by atoms with Gasteiger partial charge < -0.3 is 18.9 Å². The van der Waals surface area contributed by atoms with Gasteiger partial charge in [0.15, 0.2) is 0 Å². The summed E-state index contributed by atoms with van der Waals surface area (Å²) in [5.41, 5.74) is 3.71. The SMILES string of the molecule is COc1ccc(OC)c(C2c3cccn3-c3ccccc3N2C(=O)CN(C(=O)c2cccc(Cl)c2)C(C)C)c1. The zero-order valence-electron chi connectivity index (χ0n) is 22.3. The van der Waals surface area contributed by atoms with Gasteiger partial charge in [0.25, 0.3) is 5.91 Å². The Bertz CT molecular complexity index is 1530. The number of benzene rings is 3. The standard InChI is InChI=1S/C31H30ClN3O4/c1-20(2)34(31(37)21-9-7-10-22(32)17-21)19-29(36)35-26-12-6-5-11-25(26)33-16-8-13-27(33)30(35)24-18-23(38-3)14-15-28(24)39-4/h5-18,20,30H,19H2,1-4H3.